The van der Waals surface area contributed by atoms with Gasteiger partial charge in [0.2, 0.25) is 0 Å². The average Bonchev–Trinajstić information content (AvgIpc) is 2.60. The summed E-state index contributed by atoms with van der Waals surface area (Å²) in [6.07, 6.45) is 3.28. The summed E-state index contributed by atoms with van der Waals surface area (Å²) in [5, 5.41) is 11.4. The number of benzene rings is 3. The van der Waals surface area contributed by atoms with E-state index in [-0.39, 0.29) is 11.5 Å². The molecule has 3 nitrogen and oxygen atoms in total. The number of fused-ring (bicyclic) bond motifs is 1. The fraction of sp³-hybridized carbons (Fsp3) is 0.0500. The van der Waals surface area contributed by atoms with Crippen molar-refractivity contribution in [3.05, 3.63) is 77.9 Å². The molecule has 0 bridgehead atoms. The van der Waals surface area contributed by atoms with Crippen molar-refractivity contribution in [2.75, 3.05) is 7.11 Å². The molecule has 0 heterocycles. The molecule has 0 aliphatic heterocycles. The third-order valence-electron chi connectivity index (χ3n) is 3.69. The van der Waals surface area contributed by atoms with Crippen molar-refractivity contribution in [3.63, 3.8) is 0 Å². The SMILES string of the molecule is COc1ccc(C(=O)C=Cc2ccccc2)c2c(O)cccc12. The number of allylic oxidation sites excluding steroid dienone is 1. The first kappa shape index (κ1) is 14.9. The molecule has 0 saturated heterocycles. The first-order valence-electron chi connectivity index (χ1n) is 7.27. The number of methoxy groups -OCH3 is 1. The third-order valence-corrected chi connectivity index (χ3v) is 3.69. The largest absolute Gasteiger partial charge is 0.507 e. The van der Waals surface area contributed by atoms with Crippen molar-refractivity contribution in [1.82, 2.24) is 0 Å². The van der Waals surface area contributed by atoms with Gasteiger partial charge in [-0.3, -0.25) is 4.79 Å². The number of aromatic hydroxyl groups is 1. The number of phenols is 1. The Hall–Kier alpha value is -3.07. The summed E-state index contributed by atoms with van der Waals surface area (Å²) in [4.78, 5) is 12.5. The second-order valence-corrected chi connectivity index (χ2v) is 5.12. The Kier molecular flexibility index (Phi) is 4.11. The summed E-state index contributed by atoms with van der Waals surface area (Å²) < 4.78 is 5.31. The van der Waals surface area contributed by atoms with Gasteiger partial charge in [0.1, 0.15) is 11.5 Å². The van der Waals surface area contributed by atoms with E-state index in [1.54, 1.807) is 37.5 Å². The summed E-state index contributed by atoms with van der Waals surface area (Å²) >= 11 is 0. The van der Waals surface area contributed by atoms with E-state index in [0.717, 1.165) is 5.56 Å². The van der Waals surface area contributed by atoms with Crippen molar-refractivity contribution >= 4 is 22.6 Å². The first-order valence-corrected chi connectivity index (χ1v) is 7.27. The molecule has 3 aromatic carbocycles. The summed E-state index contributed by atoms with van der Waals surface area (Å²) in [6, 6.07) is 18.1. The first-order chi connectivity index (χ1) is 11.2. The van der Waals surface area contributed by atoms with Gasteiger partial charge in [-0.05, 0) is 29.8 Å². The summed E-state index contributed by atoms with van der Waals surface area (Å²) in [7, 11) is 1.57. The molecule has 0 aromatic heterocycles. The minimum absolute atomic E-state index is 0.0675. The Balaban J connectivity index is 2.06. The maximum atomic E-state index is 12.5. The fourth-order valence-electron chi connectivity index (χ4n) is 2.57. The van der Waals surface area contributed by atoms with E-state index < -0.39 is 0 Å². The molecule has 114 valence electrons. The van der Waals surface area contributed by atoms with Crippen LogP contribution >= 0.6 is 0 Å². The van der Waals surface area contributed by atoms with Crippen molar-refractivity contribution in [3.8, 4) is 11.5 Å². The lowest BCUT2D eigenvalue weighted by Gasteiger charge is -2.10. The van der Waals surface area contributed by atoms with Gasteiger partial charge < -0.3 is 9.84 Å². The number of rotatable bonds is 4. The zero-order chi connectivity index (χ0) is 16.2. The van der Waals surface area contributed by atoms with Crippen LogP contribution in [0, 0.1) is 0 Å². The van der Waals surface area contributed by atoms with Gasteiger partial charge in [-0.15, -0.1) is 0 Å². The maximum Gasteiger partial charge on any atom is 0.186 e. The topological polar surface area (TPSA) is 46.5 Å². The van der Waals surface area contributed by atoms with Crippen LogP contribution in [0.3, 0.4) is 0 Å². The predicted molar refractivity (Wildman–Crippen MR) is 92.0 cm³/mol. The highest BCUT2D eigenvalue weighted by Gasteiger charge is 2.14. The lowest BCUT2D eigenvalue weighted by Crippen LogP contribution is -1.97. The zero-order valence-corrected chi connectivity index (χ0v) is 12.7. The molecular formula is C20H16O3. The van der Waals surface area contributed by atoms with Crippen LogP contribution in [-0.4, -0.2) is 18.0 Å². The maximum absolute atomic E-state index is 12.5. The van der Waals surface area contributed by atoms with E-state index in [1.807, 2.05) is 36.4 Å². The van der Waals surface area contributed by atoms with Crippen molar-refractivity contribution in [1.29, 1.82) is 0 Å². The van der Waals surface area contributed by atoms with Crippen molar-refractivity contribution in [2.45, 2.75) is 0 Å². The number of ketones is 1. The molecule has 1 N–H and O–H groups in total. The van der Waals surface area contributed by atoms with E-state index in [4.69, 9.17) is 4.74 Å². The van der Waals surface area contributed by atoms with Gasteiger partial charge in [-0.1, -0.05) is 48.5 Å². The average molecular weight is 304 g/mol. The molecule has 0 aliphatic carbocycles. The Morgan fingerprint density at radius 3 is 2.52 bits per heavy atom. The second-order valence-electron chi connectivity index (χ2n) is 5.12. The molecule has 3 heteroatoms. The van der Waals surface area contributed by atoms with E-state index in [0.29, 0.717) is 22.1 Å². The van der Waals surface area contributed by atoms with E-state index in [9.17, 15) is 9.90 Å². The molecule has 3 rings (SSSR count). The van der Waals surface area contributed by atoms with Crippen LogP contribution in [0.1, 0.15) is 15.9 Å². The van der Waals surface area contributed by atoms with E-state index >= 15 is 0 Å². The summed E-state index contributed by atoms with van der Waals surface area (Å²) in [6.45, 7) is 0. The highest BCUT2D eigenvalue weighted by Crippen LogP contribution is 2.34. The molecule has 0 amide bonds. The number of phenolic OH excluding ortho intramolecular Hbond substituents is 1. The van der Waals surface area contributed by atoms with Gasteiger partial charge in [0.25, 0.3) is 0 Å². The van der Waals surface area contributed by atoms with Gasteiger partial charge in [-0.25, -0.2) is 0 Å². The number of hydrogen-bond acceptors (Lipinski definition) is 3. The van der Waals surface area contributed by atoms with Gasteiger partial charge in [0.05, 0.1) is 7.11 Å². The minimum Gasteiger partial charge on any atom is -0.507 e. The molecule has 3 aromatic rings. The molecule has 23 heavy (non-hydrogen) atoms. The van der Waals surface area contributed by atoms with Gasteiger partial charge in [0, 0.05) is 16.3 Å². The molecule has 0 spiro atoms. The highest BCUT2D eigenvalue weighted by atomic mass is 16.5. The Labute approximate surface area is 134 Å². The second kappa shape index (κ2) is 6.36. The van der Waals surface area contributed by atoms with Crippen LogP contribution in [0.15, 0.2) is 66.7 Å². The molecular weight excluding hydrogens is 288 g/mol. The lowest BCUT2D eigenvalue weighted by molar-refractivity contribution is 0.104. The number of hydrogen-bond donors (Lipinski definition) is 1. The van der Waals surface area contributed by atoms with Crippen LogP contribution in [0.25, 0.3) is 16.8 Å². The number of ether oxygens (including phenoxy) is 1. The van der Waals surface area contributed by atoms with Crippen LogP contribution in [0.2, 0.25) is 0 Å². The van der Waals surface area contributed by atoms with Crippen molar-refractivity contribution in [2.24, 2.45) is 0 Å². The molecule has 0 saturated carbocycles. The van der Waals surface area contributed by atoms with E-state index in [1.165, 1.54) is 6.08 Å². The van der Waals surface area contributed by atoms with Gasteiger partial charge in [0.15, 0.2) is 5.78 Å². The van der Waals surface area contributed by atoms with Gasteiger partial charge >= 0.3 is 0 Å². The smallest absolute Gasteiger partial charge is 0.186 e. The normalized spacial score (nSPS) is 11.0. The summed E-state index contributed by atoms with van der Waals surface area (Å²) in [5.41, 5.74) is 1.40. The number of carbonyl (C=O) groups is 1. The molecule has 0 fully saturated rings. The molecule has 0 atom stereocenters. The lowest BCUT2D eigenvalue weighted by atomic mass is 9.99. The minimum atomic E-state index is -0.164. The Morgan fingerprint density at radius 1 is 1.00 bits per heavy atom. The van der Waals surface area contributed by atoms with Crippen molar-refractivity contribution < 1.29 is 14.6 Å². The quantitative estimate of drug-likeness (QED) is 0.572. The van der Waals surface area contributed by atoms with Crippen LogP contribution in [0.4, 0.5) is 0 Å². The van der Waals surface area contributed by atoms with E-state index in [2.05, 4.69) is 0 Å². The van der Waals surface area contributed by atoms with Gasteiger partial charge in [-0.2, -0.15) is 0 Å². The zero-order valence-electron chi connectivity index (χ0n) is 12.7. The van der Waals surface area contributed by atoms with Crippen LogP contribution in [-0.2, 0) is 0 Å². The summed E-state index contributed by atoms with van der Waals surface area (Å²) in [5.74, 6) is 0.528. The molecule has 0 radical (unpaired) electrons. The monoisotopic (exact) mass is 304 g/mol. The third kappa shape index (κ3) is 2.94. The fourth-order valence-corrected chi connectivity index (χ4v) is 2.57. The van der Waals surface area contributed by atoms with Crippen LogP contribution < -0.4 is 4.74 Å². The highest BCUT2D eigenvalue weighted by molar-refractivity contribution is 6.17. The predicted octanol–water partition coefficient (Wildman–Crippen LogP) is 4.45. The standard InChI is InChI=1S/C20H16O3/c1-23-19-13-11-15(20-16(19)8-5-9-18(20)22)17(21)12-10-14-6-3-2-4-7-14/h2-13,22H,1H3. The Bertz CT molecular complexity index is 880. The molecule has 0 aliphatic rings. The Morgan fingerprint density at radius 2 is 1.78 bits per heavy atom. The van der Waals surface area contributed by atoms with Crippen LogP contribution in [0.5, 0.6) is 11.5 Å². The number of carbonyl (C=O) groups excluding carboxylic acids is 1. The molecule has 0 unspecified atom stereocenters.